The molecule has 2 heterocycles. The van der Waals surface area contributed by atoms with Gasteiger partial charge in [0.2, 0.25) is 59.1 Å². The molecular weight excluding hydrogens is 1380 g/mol. The van der Waals surface area contributed by atoms with Gasteiger partial charge in [-0.15, -0.1) is 0 Å². The maximum Gasteiger partial charge on any atom is 0.312 e. The van der Waals surface area contributed by atoms with E-state index in [-0.39, 0.29) is 118 Å². The smallest absolute Gasteiger partial charge is 0.312 e. The fourth-order valence-electron chi connectivity index (χ4n) is 14.5. The van der Waals surface area contributed by atoms with Gasteiger partial charge in [0.25, 0.3) is 0 Å². The van der Waals surface area contributed by atoms with E-state index in [4.69, 9.17) is 24.7 Å². The van der Waals surface area contributed by atoms with Crippen LogP contribution in [0.5, 0.6) is 0 Å². The summed E-state index contributed by atoms with van der Waals surface area (Å²) in [6.07, 6.45) is 7.40. The van der Waals surface area contributed by atoms with Crippen molar-refractivity contribution in [2.75, 3.05) is 86.7 Å². The average Bonchev–Trinajstić information content (AvgIpc) is 1.48. The van der Waals surface area contributed by atoms with E-state index >= 15 is 0 Å². The highest BCUT2D eigenvalue weighted by atomic mass is 16.5. The molecule has 12 amide bonds. The Bertz CT molecular complexity index is 3200. The standard InChI is InChI=1S/C80H131N13O15/c1-18-21-23-29-53(9)71(90(13)14)78(102)89-69(51(6)7)79(103)91(15)70(52(8)20-3)64(105-16)46-66(95)93-40-27-33-63(93)72(106-17)56(12)73(97)87-62(45-57-30-24-22-25-31-57)75(99)83-47-58-34-36-60(37-35-58)85-76(100)61(32-26-39-82-80(81)104)86-77(101)68(50(4)5)88-65(94)48-107-42-43-108-49-67(96)92-41-38-59(44-55(92)11)74(98)84-54(10)28-19-2/h22,24-25,30-31,34-37,50-53,55-56,59,61-64,68-72H,10,18-21,23,26-29,32-33,38-49H2,1-9,11-17H3,(H,83,99)(H,84,98)(H,85,100)(H,86,101)(H,87,97)(H,88,94)(H,89,102)(H3,81,82,104)/t52-,53?,55?,56+,59?,61-,62-,63-,64+,68-,69-,70-,71-,72+/m0/s1. The van der Waals surface area contributed by atoms with E-state index in [1.165, 1.54) is 14.2 Å². The zero-order valence-electron chi connectivity index (χ0n) is 67.4. The molecule has 4 rings (SSSR count). The molecule has 0 spiro atoms. The number of nitrogens with zero attached hydrogens (tertiary/aromatic N) is 4. The molecule has 2 aliphatic rings. The van der Waals surface area contributed by atoms with Crippen molar-refractivity contribution in [3.05, 3.63) is 78.0 Å². The molecule has 10 N–H and O–H groups in total. The summed E-state index contributed by atoms with van der Waals surface area (Å²) in [5, 5.41) is 22.7. The number of urea groups is 1. The van der Waals surface area contributed by atoms with Crippen LogP contribution in [-0.2, 0) is 79.9 Å². The Labute approximate surface area is 642 Å². The second-order valence-electron chi connectivity index (χ2n) is 30.2. The molecule has 0 saturated carbocycles. The zero-order chi connectivity index (χ0) is 80.3. The van der Waals surface area contributed by atoms with Gasteiger partial charge >= 0.3 is 6.03 Å². The third kappa shape index (κ3) is 29.7. The second-order valence-corrected chi connectivity index (χ2v) is 30.2. The summed E-state index contributed by atoms with van der Waals surface area (Å²) in [4.78, 5) is 158. The number of likely N-dealkylation sites (N-methyl/N-ethyl adjacent to an activating group) is 2. The topological polar surface area (TPSA) is 360 Å². The van der Waals surface area contributed by atoms with Gasteiger partial charge in [0.05, 0.1) is 55.9 Å². The molecule has 28 nitrogen and oxygen atoms in total. The first kappa shape index (κ1) is 92.3. The van der Waals surface area contributed by atoms with E-state index < -0.39 is 109 Å². The predicted molar refractivity (Wildman–Crippen MR) is 416 cm³/mol. The number of benzene rings is 2. The number of unbranched alkanes of at least 4 members (excludes halogenated alkanes) is 2. The zero-order valence-corrected chi connectivity index (χ0v) is 67.4. The number of methoxy groups -OCH3 is 2. The van der Waals surface area contributed by atoms with Crippen LogP contribution in [0.3, 0.4) is 0 Å². The molecule has 0 bridgehead atoms. The van der Waals surface area contributed by atoms with Gasteiger partial charge in [0.15, 0.2) is 0 Å². The van der Waals surface area contributed by atoms with E-state index in [1.807, 2.05) is 90.9 Å². The first-order valence-electron chi connectivity index (χ1n) is 39.0. The van der Waals surface area contributed by atoms with Crippen molar-refractivity contribution in [3.8, 4) is 0 Å². The van der Waals surface area contributed by atoms with E-state index in [1.54, 1.807) is 66.8 Å². The lowest BCUT2D eigenvalue weighted by Crippen LogP contribution is -2.60. The molecule has 2 aliphatic heterocycles. The third-order valence-corrected chi connectivity index (χ3v) is 20.8. The molecule has 2 aromatic carbocycles. The van der Waals surface area contributed by atoms with Crippen molar-refractivity contribution in [2.24, 2.45) is 41.2 Å². The number of piperidine rings is 1. The summed E-state index contributed by atoms with van der Waals surface area (Å²) in [6.45, 7) is 25.4. The second kappa shape index (κ2) is 47.8. The van der Waals surface area contributed by atoms with Crippen molar-refractivity contribution in [1.29, 1.82) is 0 Å². The normalized spacial score (nSPS) is 18.2. The molecule has 0 radical (unpaired) electrons. The monoisotopic (exact) mass is 1510 g/mol. The Kier molecular flexibility index (Phi) is 40.9. The molecule has 28 heteroatoms. The van der Waals surface area contributed by atoms with Crippen LogP contribution in [0.2, 0.25) is 0 Å². The molecule has 0 aliphatic carbocycles. The van der Waals surface area contributed by atoms with Gasteiger partial charge in [-0.25, -0.2) is 4.79 Å². The van der Waals surface area contributed by atoms with E-state index in [2.05, 4.69) is 63.0 Å². The predicted octanol–water partition coefficient (Wildman–Crippen LogP) is 6.34. The number of allylic oxidation sites excluding steroid dienone is 1. The maximum absolute atomic E-state index is 14.8. The minimum Gasteiger partial charge on any atom is -0.379 e. The first-order valence-corrected chi connectivity index (χ1v) is 39.0. The Morgan fingerprint density at radius 3 is 1.90 bits per heavy atom. The minimum absolute atomic E-state index is 0.0103. The molecule has 14 atom stereocenters. The van der Waals surface area contributed by atoms with Gasteiger partial charge in [-0.1, -0.05) is 150 Å². The highest BCUT2D eigenvalue weighted by Gasteiger charge is 2.44. The third-order valence-electron chi connectivity index (χ3n) is 20.8. The molecule has 2 aromatic rings. The quantitative estimate of drug-likeness (QED) is 0.0326. The Hall–Kier alpha value is -8.05. The van der Waals surface area contributed by atoms with Gasteiger partial charge in [0.1, 0.15) is 37.4 Å². The number of carbonyl (C=O) groups is 11. The van der Waals surface area contributed by atoms with E-state index in [0.29, 0.717) is 68.6 Å². The van der Waals surface area contributed by atoms with Crippen LogP contribution in [0.25, 0.3) is 0 Å². The first-order chi connectivity index (χ1) is 51.3. The van der Waals surface area contributed by atoms with Gasteiger partial charge in [-0.05, 0) is 119 Å². The number of hydrogen-bond donors (Lipinski definition) is 9. The lowest BCUT2D eigenvalue weighted by atomic mass is 9.89. The Morgan fingerprint density at radius 1 is 0.648 bits per heavy atom. The summed E-state index contributed by atoms with van der Waals surface area (Å²) < 4.78 is 23.4. The van der Waals surface area contributed by atoms with Crippen LogP contribution in [0.15, 0.2) is 66.9 Å². The number of hydrogen-bond acceptors (Lipinski definition) is 16. The molecule has 108 heavy (non-hydrogen) atoms. The maximum atomic E-state index is 14.8. The van der Waals surface area contributed by atoms with Crippen LogP contribution in [0.4, 0.5) is 10.5 Å². The Balaban J connectivity index is 1.38. The number of rotatable bonds is 48. The number of amides is 12. The van der Waals surface area contributed by atoms with Crippen molar-refractivity contribution < 1.29 is 71.7 Å². The SMILES string of the molecule is C=C(CCC)NC(=O)C1CCN(C(=O)COCCOCC(=O)N[C@H](C(=O)N[C@@H](CCCNC(N)=O)C(=O)Nc2ccc(CNC(=O)[C@H](Cc3ccccc3)NC(=O)[C@H](C)[C@@H](OC)[C@@H]3CCCN3C(=O)C[C@@H](OC)[C@H]([C@@H](C)CC)N(C)C(=O)[C@@H](NC(=O)[C@H](C(C)CCCCC)N(C)C)C(C)C)cc2)C(C)C)C(C)C1. The average molecular weight is 1520 g/mol. The van der Waals surface area contributed by atoms with E-state index in [0.717, 1.165) is 37.7 Å². The van der Waals surface area contributed by atoms with Crippen LogP contribution < -0.4 is 48.3 Å². The number of carbonyl (C=O) groups excluding carboxylic acids is 11. The van der Waals surface area contributed by atoms with Crippen molar-refractivity contribution in [2.45, 2.75) is 240 Å². The summed E-state index contributed by atoms with van der Waals surface area (Å²) >= 11 is 0. The van der Waals surface area contributed by atoms with Gasteiger partial charge < -0.3 is 81.9 Å². The van der Waals surface area contributed by atoms with Gasteiger partial charge in [-0.2, -0.15) is 0 Å². The summed E-state index contributed by atoms with van der Waals surface area (Å²) in [5.41, 5.74) is 7.77. The van der Waals surface area contributed by atoms with Gasteiger partial charge in [0, 0.05) is 77.2 Å². The largest absolute Gasteiger partial charge is 0.379 e. The summed E-state index contributed by atoms with van der Waals surface area (Å²) in [6, 6.07) is 9.38. The highest BCUT2D eigenvalue weighted by Crippen LogP contribution is 2.31. The fraction of sp³-hybridized carbons (Fsp3) is 0.688. The number of nitrogens with two attached hydrogens (primary N) is 1. The lowest BCUT2D eigenvalue weighted by molar-refractivity contribution is -0.148. The number of primary amides is 1. The van der Waals surface area contributed by atoms with Crippen LogP contribution in [0.1, 0.15) is 177 Å². The van der Waals surface area contributed by atoms with Crippen LogP contribution in [-0.4, -0.2) is 227 Å². The molecule has 0 aromatic heterocycles. The van der Waals surface area contributed by atoms with Crippen LogP contribution in [0, 0.1) is 35.5 Å². The molecular formula is C80H131N13O15. The number of nitrogens with one attached hydrogen (secondary N) is 8. The number of ether oxygens (including phenoxy) is 4. The molecule has 2 saturated heterocycles. The lowest BCUT2D eigenvalue weighted by Gasteiger charge is -2.41. The van der Waals surface area contributed by atoms with Crippen LogP contribution >= 0.6 is 0 Å². The van der Waals surface area contributed by atoms with E-state index in [9.17, 15) is 52.7 Å². The molecule has 606 valence electrons. The van der Waals surface area contributed by atoms with Crippen molar-refractivity contribution >= 4 is 70.8 Å². The van der Waals surface area contributed by atoms with Gasteiger partial charge in [-0.3, -0.25) is 52.8 Å². The van der Waals surface area contributed by atoms with Crippen molar-refractivity contribution in [3.63, 3.8) is 0 Å². The van der Waals surface area contributed by atoms with Crippen molar-refractivity contribution in [1.82, 2.24) is 56.8 Å². The fourth-order valence-corrected chi connectivity index (χ4v) is 14.5. The summed E-state index contributed by atoms with van der Waals surface area (Å²) in [5.74, 6) is -5.58. The molecule has 3 unspecified atom stereocenters. The Morgan fingerprint density at radius 2 is 1.31 bits per heavy atom. The molecule has 2 fully saturated rings. The summed E-state index contributed by atoms with van der Waals surface area (Å²) in [7, 11) is 8.53. The number of anilines is 1. The minimum atomic E-state index is -1.14. The highest BCUT2D eigenvalue weighted by molar-refractivity contribution is 5.99. The number of likely N-dealkylation sites (tertiary alicyclic amines) is 2.